The molecule has 2 aliphatic rings. The van der Waals surface area contributed by atoms with E-state index in [1.165, 1.54) is 17.2 Å². The van der Waals surface area contributed by atoms with E-state index in [0.717, 1.165) is 37.9 Å². The molecular formula is C23H27FN2O2. The molecule has 1 atom stereocenters. The fourth-order valence-corrected chi connectivity index (χ4v) is 4.52. The van der Waals surface area contributed by atoms with E-state index in [4.69, 9.17) is 4.74 Å². The number of amides is 1. The molecule has 1 fully saturated rings. The number of methoxy groups -OCH3 is 1. The Morgan fingerprint density at radius 2 is 1.89 bits per heavy atom. The molecular weight excluding hydrogens is 355 g/mol. The first-order chi connectivity index (χ1) is 13.7. The minimum atomic E-state index is -0.444. The van der Waals surface area contributed by atoms with Gasteiger partial charge in [-0.2, -0.15) is 0 Å². The van der Waals surface area contributed by atoms with Crippen LogP contribution in [-0.2, 0) is 6.42 Å². The Kier molecular flexibility index (Phi) is 5.62. The fourth-order valence-electron chi connectivity index (χ4n) is 4.52. The average Bonchev–Trinajstić information content (AvgIpc) is 2.74. The Bertz CT molecular complexity index is 846. The largest absolute Gasteiger partial charge is 0.496 e. The molecule has 0 saturated carbocycles. The summed E-state index contributed by atoms with van der Waals surface area (Å²) in [4.78, 5) is 14.4. The van der Waals surface area contributed by atoms with Gasteiger partial charge in [-0.3, -0.25) is 4.79 Å². The van der Waals surface area contributed by atoms with Crippen molar-refractivity contribution in [3.63, 3.8) is 0 Å². The molecule has 1 amide bonds. The summed E-state index contributed by atoms with van der Waals surface area (Å²) < 4.78 is 19.5. The summed E-state index contributed by atoms with van der Waals surface area (Å²) in [5.74, 6) is 0.333. The fraction of sp³-hybridized carbons (Fsp3) is 0.435. The monoisotopic (exact) mass is 382 g/mol. The number of nitrogens with one attached hydrogen (secondary N) is 1. The Morgan fingerprint density at radius 1 is 1.11 bits per heavy atom. The number of piperidine rings is 1. The van der Waals surface area contributed by atoms with Gasteiger partial charge in [-0.25, -0.2) is 4.39 Å². The zero-order chi connectivity index (χ0) is 19.5. The van der Waals surface area contributed by atoms with E-state index < -0.39 is 5.82 Å². The molecule has 0 radical (unpaired) electrons. The standard InChI is InChI=1S/C23H27FN2O2/c1-28-22-11-5-7-17-18(22)8-4-10-21(17)25-16-12-14-26(15-13-16)23(27)19-6-2-3-9-20(19)24/h2-3,5-7,9,11,16,21,25H,4,8,10,12-15H2,1H3. The van der Waals surface area contributed by atoms with E-state index in [0.29, 0.717) is 25.2 Å². The highest BCUT2D eigenvalue weighted by atomic mass is 19.1. The van der Waals surface area contributed by atoms with Crippen LogP contribution in [0.3, 0.4) is 0 Å². The second-order valence-corrected chi connectivity index (χ2v) is 7.69. The molecule has 4 rings (SSSR count). The minimum absolute atomic E-state index is 0.169. The molecule has 0 spiro atoms. The van der Waals surface area contributed by atoms with Crippen molar-refractivity contribution in [3.8, 4) is 5.75 Å². The van der Waals surface area contributed by atoms with Crippen LogP contribution < -0.4 is 10.1 Å². The van der Waals surface area contributed by atoms with Crippen molar-refractivity contribution >= 4 is 5.91 Å². The van der Waals surface area contributed by atoms with Gasteiger partial charge in [0.25, 0.3) is 5.91 Å². The van der Waals surface area contributed by atoms with E-state index in [1.54, 1.807) is 30.2 Å². The summed E-state index contributed by atoms with van der Waals surface area (Å²) in [5, 5.41) is 3.81. The summed E-state index contributed by atoms with van der Waals surface area (Å²) in [6.07, 6.45) is 5.10. The van der Waals surface area contributed by atoms with Crippen molar-refractivity contribution in [1.82, 2.24) is 10.2 Å². The molecule has 5 heteroatoms. The van der Waals surface area contributed by atoms with Crippen molar-refractivity contribution in [2.24, 2.45) is 0 Å². The Labute approximate surface area is 165 Å². The number of carbonyl (C=O) groups excluding carboxylic acids is 1. The highest BCUT2D eigenvalue weighted by Crippen LogP contribution is 2.36. The summed E-state index contributed by atoms with van der Waals surface area (Å²) in [7, 11) is 1.73. The smallest absolute Gasteiger partial charge is 0.256 e. The van der Waals surface area contributed by atoms with E-state index >= 15 is 0 Å². The molecule has 1 saturated heterocycles. The number of fused-ring (bicyclic) bond motifs is 1. The van der Waals surface area contributed by atoms with Gasteiger partial charge in [-0.05, 0) is 61.4 Å². The van der Waals surface area contributed by atoms with Gasteiger partial charge in [0.1, 0.15) is 11.6 Å². The van der Waals surface area contributed by atoms with Gasteiger partial charge in [0.2, 0.25) is 0 Å². The molecule has 1 N–H and O–H groups in total. The summed E-state index contributed by atoms with van der Waals surface area (Å²) >= 11 is 0. The molecule has 0 bridgehead atoms. The number of nitrogens with zero attached hydrogens (tertiary/aromatic N) is 1. The zero-order valence-corrected chi connectivity index (χ0v) is 16.3. The quantitative estimate of drug-likeness (QED) is 0.865. The summed E-state index contributed by atoms with van der Waals surface area (Å²) in [6.45, 7) is 1.31. The van der Waals surface area contributed by atoms with Gasteiger partial charge in [0.05, 0.1) is 12.7 Å². The maximum absolute atomic E-state index is 13.9. The molecule has 148 valence electrons. The minimum Gasteiger partial charge on any atom is -0.496 e. The third-order valence-electron chi connectivity index (χ3n) is 6.01. The van der Waals surface area contributed by atoms with Crippen LogP contribution in [-0.4, -0.2) is 37.0 Å². The van der Waals surface area contributed by atoms with E-state index in [1.807, 2.05) is 6.07 Å². The molecule has 0 aromatic heterocycles. The molecule has 28 heavy (non-hydrogen) atoms. The van der Waals surface area contributed by atoms with Crippen molar-refractivity contribution in [2.45, 2.75) is 44.2 Å². The van der Waals surface area contributed by atoms with Crippen molar-refractivity contribution in [2.75, 3.05) is 20.2 Å². The first kappa shape index (κ1) is 18.9. The van der Waals surface area contributed by atoms with Gasteiger partial charge in [-0.1, -0.05) is 24.3 Å². The van der Waals surface area contributed by atoms with Crippen molar-refractivity contribution < 1.29 is 13.9 Å². The predicted molar refractivity (Wildman–Crippen MR) is 107 cm³/mol. The number of rotatable bonds is 4. The average molecular weight is 382 g/mol. The lowest BCUT2D eigenvalue weighted by Crippen LogP contribution is -2.46. The predicted octanol–water partition coefficient (Wildman–Crippen LogP) is 4.11. The number of hydrogen-bond acceptors (Lipinski definition) is 3. The zero-order valence-electron chi connectivity index (χ0n) is 16.3. The van der Waals surface area contributed by atoms with Crippen LogP contribution in [0, 0.1) is 5.82 Å². The Balaban J connectivity index is 1.38. The van der Waals surface area contributed by atoms with Crippen LogP contribution in [0.15, 0.2) is 42.5 Å². The number of carbonyl (C=O) groups is 1. The maximum atomic E-state index is 13.9. The normalized spacial score (nSPS) is 19.9. The van der Waals surface area contributed by atoms with Crippen LogP contribution in [0.2, 0.25) is 0 Å². The summed E-state index contributed by atoms with van der Waals surface area (Å²) in [5.41, 5.74) is 2.83. The van der Waals surface area contributed by atoms with Gasteiger partial charge >= 0.3 is 0 Å². The SMILES string of the molecule is COc1cccc2c1CCCC2NC1CCN(C(=O)c2ccccc2F)CC1. The third-order valence-corrected chi connectivity index (χ3v) is 6.01. The third kappa shape index (κ3) is 3.76. The molecule has 1 unspecified atom stereocenters. The van der Waals surface area contributed by atoms with Crippen LogP contribution >= 0.6 is 0 Å². The number of likely N-dealkylation sites (tertiary alicyclic amines) is 1. The van der Waals surface area contributed by atoms with Gasteiger partial charge < -0.3 is 15.0 Å². The lowest BCUT2D eigenvalue weighted by molar-refractivity contribution is 0.0696. The number of halogens is 1. The van der Waals surface area contributed by atoms with Gasteiger partial charge in [0.15, 0.2) is 0 Å². The highest BCUT2D eigenvalue weighted by molar-refractivity contribution is 5.94. The molecule has 1 aliphatic heterocycles. The van der Waals surface area contributed by atoms with Gasteiger partial charge in [0, 0.05) is 25.2 Å². The topological polar surface area (TPSA) is 41.6 Å². The molecule has 2 aromatic rings. The second kappa shape index (κ2) is 8.31. The lowest BCUT2D eigenvalue weighted by atomic mass is 9.86. The van der Waals surface area contributed by atoms with Crippen LogP contribution in [0.4, 0.5) is 4.39 Å². The summed E-state index contributed by atoms with van der Waals surface area (Å²) in [6, 6.07) is 13.2. The number of ether oxygens (including phenoxy) is 1. The van der Waals surface area contributed by atoms with E-state index in [9.17, 15) is 9.18 Å². The Hall–Kier alpha value is -2.40. The molecule has 1 aliphatic carbocycles. The van der Waals surface area contributed by atoms with Crippen molar-refractivity contribution in [3.05, 3.63) is 65.0 Å². The van der Waals surface area contributed by atoms with E-state index in [-0.39, 0.29) is 11.5 Å². The second-order valence-electron chi connectivity index (χ2n) is 7.69. The highest BCUT2D eigenvalue weighted by Gasteiger charge is 2.29. The van der Waals surface area contributed by atoms with Crippen LogP contribution in [0.25, 0.3) is 0 Å². The lowest BCUT2D eigenvalue weighted by Gasteiger charge is -2.36. The number of benzene rings is 2. The number of hydrogen-bond donors (Lipinski definition) is 1. The Morgan fingerprint density at radius 3 is 2.64 bits per heavy atom. The van der Waals surface area contributed by atoms with Crippen LogP contribution in [0.5, 0.6) is 5.75 Å². The molecule has 4 nitrogen and oxygen atoms in total. The van der Waals surface area contributed by atoms with Gasteiger partial charge in [-0.15, -0.1) is 0 Å². The first-order valence-corrected chi connectivity index (χ1v) is 10.1. The van der Waals surface area contributed by atoms with E-state index in [2.05, 4.69) is 17.4 Å². The maximum Gasteiger partial charge on any atom is 0.256 e. The molecule has 2 aromatic carbocycles. The first-order valence-electron chi connectivity index (χ1n) is 10.1. The molecule has 1 heterocycles. The van der Waals surface area contributed by atoms with Crippen molar-refractivity contribution in [1.29, 1.82) is 0 Å². The van der Waals surface area contributed by atoms with Crippen LogP contribution in [0.1, 0.15) is 53.2 Å².